The van der Waals surface area contributed by atoms with Crippen LogP contribution in [0.3, 0.4) is 0 Å². The Morgan fingerprint density at radius 3 is 1.18 bits per heavy atom. The maximum absolute atomic E-state index is 4.80. The standard InChI is InChI=1S/C48H33N/c1-5-15-35(16-6-1)41-23-13-25-43-44-26-14-24-42(47(44)48(46(41)43,39-19-9-3-10-20-39)40-21-11-4-12-22-40)36-29-27-34(28-30-36)38-31-32-45(49-33-38)37-17-7-2-8-18-37/h1-33H. The highest BCUT2D eigenvalue weighted by Gasteiger charge is 2.49. The van der Waals surface area contributed by atoms with Crippen molar-refractivity contribution in [3.8, 4) is 55.8 Å². The molecule has 0 N–H and O–H groups in total. The lowest BCUT2D eigenvalue weighted by molar-refractivity contribution is 0.772. The van der Waals surface area contributed by atoms with Crippen LogP contribution in [0.1, 0.15) is 22.3 Å². The van der Waals surface area contributed by atoms with E-state index in [0.29, 0.717) is 0 Å². The number of rotatable bonds is 6. The zero-order chi connectivity index (χ0) is 32.6. The molecule has 1 aliphatic rings. The molecular weight excluding hydrogens is 591 g/mol. The van der Waals surface area contributed by atoms with E-state index >= 15 is 0 Å². The summed E-state index contributed by atoms with van der Waals surface area (Å²) in [4.78, 5) is 4.80. The molecule has 0 amide bonds. The maximum Gasteiger partial charge on any atom is 0.0725 e. The molecule has 0 aliphatic heterocycles. The van der Waals surface area contributed by atoms with Crippen LogP contribution in [-0.4, -0.2) is 4.98 Å². The minimum absolute atomic E-state index is 0.536. The highest BCUT2D eigenvalue weighted by Crippen LogP contribution is 2.60. The van der Waals surface area contributed by atoms with E-state index in [9.17, 15) is 0 Å². The molecule has 0 atom stereocenters. The number of benzene rings is 7. The van der Waals surface area contributed by atoms with Gasteiger partial charge in [-0.3, -0.25) is 4.98 Å². The average Bonchev–Trinajstić information content (AvgIpc) is 3.51. The molecule has 0 saturated carbocycles. The number of hydrogen-bond donors (Lipinski definition) is 0. The summed E-state index contributed by atoms with van der Waals surface area (Å²) in [6.45, 7) is 0. The first-order chi connectivity index (χ1) is 24.3. The van der Waals surface area contributed by atoms with Crippen LogP contribution in [0.4, 0.5) is 0 Å². The first kappa shape index (κ1) is 28.9. The van der Waals surface area contributed by atoms with Gasteiger partial charge in [-0.15, -0.1) is 0 Å². The number of nitrogens with zero attached hydrogens (tertiary/aromatic N) is 1. The fourth-order valence-electron chi connectivity index (χ4n) is 7.89. The normalized spacial score (nSPS) is 12.7. The Morgan fingerprint density at radius 1 is 0.286 bits per heavy atom. The van der Waals surface area contributed by atoms with E-state index in [0.717, 1.165) is 22.4 Å². The number of fused-ring (bicyclic) bond motifs is 3. The van der Waals surface area contributed by atoms with Crippen molar-refractivity contribution in [2.75, 3.05) is 0 Å². The van der Waals surface area contributed by atoms with Gasteiger partial charge in [0.2, 0.25) is 0 Å². The Bertz CT molecular complexity index is 2340. The van der Waals surface area contributed by atoms with Crippen LogP contribution < -0.4 is 0 Å². The molecule has 1 heteroatoms. The van der Waals surface area contributed by atoms with Crippen LogP contribution in [0.5, 0.6) is 0 Å². The molecule has 7 aromatic carbocycles. The Kier molecular flexibility index (Phi) is 7.10. The second-order valence-electron chi connectivity index (χ2n) is 12.7. The van der Waals surface area contributed by atoms with E-state index in [2.05, 4.69) is 188 Å². The number of pyridine rings is 1. The molecule has 8 aromatic rings. The second-order valence-corrected chi connectivity index (χ2v) is 12.7. The van der Waals surface area contributed by atoms with Gasteiger partial charge in [0.25, 0.3) is 0 Å². The summed E-state index contributed by atoms with van der Waals surface area (Å²) in [5.41, 5.74) is 16.5. The molecule has 0 fully saturated rings. The molecule has 9 rings (SSSR count). The highest BCUT2D eigenvalue weighted by molar-refractivity contribution is 5.97. The van der Waals surface area contributed by atoms with Crippen molar-refractivity contribution in [3.63, 3.8) is 0 Å². The number of aromatic nitrogens is 1. The summed E-state index contributed by atoms with van der Waals surface area (Å²) in [5.74, 6) is 0. The zero-order valence-electron chi connectivity index (χ0n) is 27.0. The van der Waals surface area contributed by atoms with Gasteiger partial charge in [0, 0.05) is 17.3 Å². The van der Waals surface area contributed by atoms with Crippen molar-refractivity contribution in [1.82, 2.24) is 4.98 Å². The average molecular weight is 624 g/mol. The van der Waals surface area contributed by atoms with Crippen molar-refractivity contribution < 1.29 is 0 Å². The van der Waals surface area contributed by atoms with Crippen molar-refractivity contribution in [1.29, 1.82) is 0 Å². The predicted octanol–water partition coefficient (Wildman–Crippen LogP) is 12.1. The summed E-state index contributed by atoms with van der Waals surface area (Å²) >= 11 is 0. The summed E-state index contributed by atoms with van der Waals surface area (Å²) in [7, 11) is 0. The van der Waals surface area contributed by atoms with Gasteiger partial charge in [-0.2, -0.15) is 0 Å². The zero-order valence-corrected chi connectivity index (χ0v) is 27.0. The van der Waals surface area contributed by atoms with Crippen molar-refractivity contribution in [2.24, 2.45) is 0 Å². The van der Waals surface area contributed by atoms with Crippen LogP contribution in [0, 0.1) is 0 Å². The van der Waals surface area contributed by atoms with Crippen LogP contribution in [0.25, 0.3) is 55.8 Å². The van der Waals surface area contributed by atoms with Crippen LogP contribution in [0.15, 0.2) is 200 Å². The molecule has 0 unspecified atom stereocenters. The van der Waals surface area contributed by atoms with Crippen molar-refractivity contribution in [2.45, 2.75) is 5.41 Å². The van der Waals surface area contributed by atoms with Gasteiger partial charge in [-0.25, -0.2) is 0 Å². The van der Waals surface area contributed by atoms with Crippen molar-refractivity contribution >= 4 is 0 Å². The lowest BCUT2D eigenvalue weighted by atomic mass is 9.64. The van der Waals surface area contributed by atoms with Gasteiger partial charge < -0.3 is 0 Å². The smallest absolute Gasteiger partial charge is 0.0725 e. The Balaban J connectivity index is 1.25. The summed E-state index contributed by atoms with van der Waals surface area (Å²) in [6.07, 6.45) is 1.98. The van der Waals surface area contributed by atoms with Crippen LogP contribution in [0.2, 0.25) is 0 Å². The van der Waals surface area contributed by atoms with Gasteiger partial charge in [0.15, 0.2) is 0 Å². The van der Waals surface area contributed by atoms with E-state index in [-0.39, 0.29) is 0 Å². The van der Waals surface area contributed by atoms with E-state index in [1.807, 2.05) is 12.3 Å². The third kappa shape index (κ3) is 4.74. The molecule has 0 spiro atoms. The molecular formula is C48H33N. The highest BCUT2D eigenvalue weighted by atomic mass is 14.7. The molecule has 49 heavy (non-hydrogen) atoms. The van der Waals surface area contributed by atoms with Gasteiger partial charge in [0.1, 0.15) is 0 Å². The minimum Gasteiger partial charge on any atom is -0.256 e. The first-order valence-electron chi connectivity index (χ1n) is 16.9. The third-order valence-corrected chi connectivity index (χ3v) is 10.0. The Hall–Kier alpha value is -6.31. The fourth-order valence-corrected chi connectivity index (χ4v) is 7.89. The predicted molar refractivity (Wildman–Crippen MR) is 203 cm³/mol. The van der Waals surface area contributed by atoms with Gasteiger partial charge >= 0.3 is 0 Å². The van der Waals surface area contributed by atoms with Gasteiger partial charge in [-0.05, 0) is 67.3 Å². The topological polar surface area (TPSA) is 12.9 Å². The second kappa shape index (κ2) is 12.0. The maximum atomic E-state index is 4.80. The largest absolute Gasteiger partial charge is 0.256 e. The SMILES string of the molecule is c1ccc(-c2ccc(-c3ccc(-c4cccc5c4C(c4ccccc4)(c4ccccc4)c4c(-c6ccccc6)cccc4-5)cc3)cn2)cc1. The molecule has 1 nitrogen and oxygen atoms in total. The summed E-state index contributed by atoms with van der Waals surface area (Å²) in [5, 5.41) is 0. The summed E-state index contributed by atoms with van der Waals surface area (Å²) < 4.78 is 0. The van der Waals surface area contributed by atoms with Crippen LogP contribution >= 0.6 is 0 Å². The molecule has 1 aromatic heterocycles. The van der Waals surface area contributed by atoms with E-state index in [1.165, 1.54) is 55.6 Å². The molecule has 0 bridgehead atoms. The first-order valence-corrected chi connectivity index (χ1v) is 16.9. The molecule has 230 valence electrons. The third-order valence-electron chi connectivity index (χ3n) is 10.0. The fraction of sp³-hybridized carbons (Fsp3) is 0.0208. The molecule has 0 saturated heterocycles. The van der Waals surface area contributed by atoms with E-state index in [4.69, 9.17) is 4.98 Å². The lowest BCUT2D eigenvalue weighted by Crippen LogP contribution is -2.30. The minimum atomic E-state index is -0.536. The molecule has 0 radical (unpaired) electrons. The summed E-state index contributed by atoms with van der Waals surface area (Å²) in [6, 6.07) is 70.3. The van der Waals surface area contributed by atoms with Gasteiger partial charge in [-0.1, -0.05) is 188 Å². The lowest BCUT2D eigenvalue weighted by Gasteiger charge is -2.36. The molecule has 1 heterocycles. The van der Waals surface area contributed by atoms with Crippen LogP contribution in [-0.2, 0) is 5.41 Å². The Morgan fingerprint density at radius 2 is 0.694 bits per heavy atom. The molecule has 1 aliphatic carbocycles. The van der Waals surface area contributed by atoms with Crippen molar-refractivity contribution in [3.05, 3.63) is 223 Å². The quantitative estimate of drug-likeness (QED) is 0.180. The monoisotopic (exact) mass is 623 g/mol. The van der Waals surface area contributed by atoms with E-state index in [1.54, 1.807) is 0 Å². The Labute approximate surface area is 287 Å². The number of hydrogen-bond acceptors (Lipinski definition) is 1. The van der Waals surface area contributed by atoms with Gasteiger partial charge in [0.05, 0.1) is 11.1 Å². The van der Waals surface area contributed by atoms with E-state index < -0.39 is 5.41 Å².